The van der Waals surface area contributed by atoms with E-state index in [0.29, 0.717) is 23.1 Å². The van der Waals surface area contributed by atoms with E-state index in [9.17, 15) is 9.59 Å². The first-order valence-electron chi connectivity index (χ1n) is 8.44. The van der Waals surface area contributed by atoms with Gasteiger partial charge in [-0.05, 0) is 24.3 Å². The lowest BCUT2D eigenvalue weighted by Gasteiger charge is -2.21. The first-order valence-corrected chi connectivity index (χ1v) is 8.44. The fraction of sp³-hybridized carbons (Fsp3) is 0.412. The van der Waals surface area contributed by atoms with E-state index in [4.69, 9.17) is 0 Å². The number of nitrogens with zero attached hydrogens (tertiary/aromatic N) is 4. The molecule has 8 nitrogen and oxygen atoms in total. The predicted octanol–water partition coefficient (Wildman–Crippen LogP) is 1.26. The number of fused-ring (bicyclic) bond motifs is 1. The van der Waals surface area contributed by atoms with Crippen molar-refractivity contribution in [3.63, 3.8) is 0 Å². The number of imidazole rings is 1. The minimum atomic E-state index is -0.531. The van der Waals surface area contributed by atoms with Gasteiger partial charge in [0.25, 0.3) is 5.56 Å². The van der Waals surface area contributed by atoms with Crippen LogP contribution in [0.3, 0.4) is 0 Å². The summed E-state index contributed by atoms with van der Waals surface area (Å²) >= 11 is 0. The first-order chi connectivity index (χ1) is 12.0. The van der Waals surface area contributed by atoms with Crippen molar-refractivity contribution in [1.82, 2.24) is 24.6 Å². The fourth-order valence-electron chi connectivity index (χ4n) is 3.41. The van der Waals surface area contributed by atoms with Crippen LogP contribution in [0.2, 0.25) is 0 Å². The van der Waals surface area contributed by atoms with Crippen molar-refractivity contribution >= 4 is 11.3 Å². The Morgan fingerprint density at radius 2 is 2.16 bits per heavy atom. The molecule has 0 aliphatic carbocycles. The maximum atomic E-state index is 12.1. The standard InChI is InChI=1S/C17H20N6O2/c1-10(2)11-3-5-22(9-11)14-7-13(21-23-6-4-18-15(14)23)12-8-19-17(25)20-16(12)24/h4,6-8,10-11H,3,5,9H2,1-2H3,(H2,19,20,24,25)/t11-/m1/s1. The largest absolute Gasteiger partial charge is 0.368 e. The lowest BCUT2D eigenvalue weighted by molar-refractivity contribution is 0.423. The summed E-state index contributed by atoms with van der Waals surface area (Å²) < 4.78 is 1.68. The summed E-state index contributed by atoms with van der Waals surface area (Å²) in [6, 6.07) is 1.88. The van der Waals surface area contributed by atoms with Crippen LogP contribution < -0.4 is 16.1 Å². The van der Waals surface area contributed by atoms with Crippen LogP contribution in [-0.4, -0.2) is 37.7 Å². The van der Waals surface area contributed by atoms with Crippen molar-refractivity contribution in [3.8, 4) is 11.3 Å². The van der Waals surface area contributed by atoms with Gasteiger partial charge in [0.2, 0.25) is 0 Å². The van der Waals surface area contributed by atoms with E-state index in [0.717, 1.165) is 30.8 Å². The highest BCUT2D eigenvalue weighted by Gasteiger charge is 2.27. The molecule has 0 spiro atoms. The minimum absolute atomic E-state index is 0.330. The number of nitrogens with one attached hydrogen (secondary N) is 2. The predicted molar refractivity (Wildman–Crippen MR) is 94.8 cm³/mol. The van der Waals surface area contributed by atoms with Gasteiger partial charge in [-0.1, -0.05) is 13.8 Å². The average Bonchev–Trinajstić information content (AvgIpc) is 3.23. The van der Waals surface area contributed by atoms with Crippen LogP contribution in [0, 0.1) is 11.8 Å². The van der Waals surface area contributed by atoms with Gasteiger partial charge >= 0.3 is 5.69 Å². The second-order valence-electron chi connectivity index (χ2n) is 6.83. The van der Waals surface area contributed by atoms with Crippen molar-refractivity contribution in [1.29, 1.82) is 0 Å². The van der Waals surface area contributed by atoms with E-state index >= 15 is 0 Å². The lowest BCUT2D eigenvalue weighted by Crippen LogP contribution is -2.24. The van der Waals surface area contributed by atoms with E-state index in [2.05, 4.69) is 38.8 Å². The van der Waals surface area contributed by atoms with Crippen molar-refractivity contribution in [2.75, 3.05) is 18.0 Å². The third-order valence-corrected chi connectivity index (χ3v) is 4.94. The van der Waals surface area contributed by atoms with Crippen LogP contribution in [0.25, 0.3) is 16.9 Å². The van der Waals surface area contributed by atoms with E-state index in [1.54, 1.807) is 16.9 Å². The Balaban J connectivity index is 1.83. The van der Waals surface area contributed by atoms with Gasteiger partial charge in [-0.25, -0.2) is 14.3 Å². The molecule has 4 heterocycles. The molecule has 0 saturated carbocycles. The molecule has 3 aromatic rings. The molecular formula is C17H20N6O2. The second-order valence-corrected chi connectivity index (χ2v) is 6.83. The summed E-state index contributed by atoms with van der Waals surface area (Å²) in [5.74, 6) is 1.27. The Hall–Kier alpha value is -2.90. The molecule has 8 heteroatoms. The Labute approximate surface area is 143 Å². The van der Waals surface area contributed by atoms with Crippen LogP contribution in [0.15, 0.2) is 34.2 Å². The first kappa shape index (κ1) is 15.6. The van der Waals surface area contributed by atoms with Crippen molar-refractivity contribution in [2.45, 2.75) is 20.3 Å². The Kier molecular flexibility index (Phi) is 3.67. The molecule has 4 rings (SSSR count). The SMILES string of the molecule is CC(C)[C@@H]1CCN(c2cc(-c3c[nH]c(=O)[nH]c3=O)nn3ccnc23)C1. The summed E-state index contributed by atoms with van der Waals surface area (Å²) in [4.78, 5) is 34.9. The van der Waals surface area contributed by atoms with Crippen LogP contribution in [0.4, 0.5) is 5.69 Å². The molecule has 0 bridgehead atoms. The van der Waals surface area contributed by atoms with Crippen LogP contribution in [0.5, 0.6) is 0 Å². The molecular weight excluding hydrogens is 320 g/mol. The molecule has 1 atom stereocenters. The van der Waals surface area contributed by atoms with Crippen LogP contribution in [0.1, 0.15) is 20.3 Å². The maximum absolute atomic E-state index is 12.1. The number of H-pyrrole nitrogens is 2. The molecule has 1 fully saturated rings. The van der Waals surface area contributed by atoms with Crippen LogP contribution >= 0.6 is 0 Å². The number of aromatic nitrogens is 5. The number of aromatic amines is 2. The number of hydrogen-bond acceptors (Lipinski definition) is 5. The molecule has 0 aromatic carbocycles. The summed E-state index contributed by atoms with van der Waals surface area (Å²) in [5.41, 5.74) is 1.58. The summed E-state index contributed by atoms with van der Waals surface area (Å²) in [6.45, 7) is 6.41. The molecule has 25 heavy (non-hydrogen) atoms. The molecule has 1 aliphatic heterocycles. The van der Waals surface area contributed by atoms with E-state index in [1.807, 2.05) is 6.07 Å². The number of hydrogen-bond donors (Lipinski definition) is 2. The third kappa shape index (κ3) is 2.73. The molecule has 1 saturated heterocycles. The lowest BCUT2D eigenvalue weighted by atomic mass is 9.95. The molecule has 0 amide bonds. The van der Waals surface area contributed by atoms with Gasteiger partial charge in [0.15, 0.2) is 5.65 Å². The normalized spacial score (nSPS) is 17.7. The summed E-state index contributed by atoms with van der Waals surface area (Å²) in [7, 11) is 0. The topological polar surface area (TPSA) is 99.2 Å². The van der Waals surface area contributed by atoms with E-state index in [1.165, 1.54) is 6.20 Å². The highest BCUT2D eigenvalue weighted by atomic mass is 16.2. The van der Waals surface area contributed by atoms with Gasteiger partial charge in [0.05, 0.1) is 11.3 Å². The smallest absolute Gasteiger partial charge is 0.325 e. The van der Waals surface area contributed by atoms with Gasteiger partial charge < -0.3 is 9.88 Å². The zero-order valence-electron chi connectivity index (χ0n) is 14.2. The Morgan fingerprint density at radius 3 is 2.88 bits per heavy atom. The summed E-state index contributed by atoms with van der Waals surface area (Å²) in [6.07, 6.45) is 6.00. The molecule has 2 N–H and O–H groups in total. The van der Waals surface area contributed by atoms with Gasteiger partial charge in [-0.3, -0.25) is 9.78 Å². The van der Waals surface area contributed by atoms with Crippen molar-refractivity contribution in [3.05, 3.63) is 45.5 Å². The highest BCUT2D eigenvalue weighted by Crippen LogP contribution is 2.31. The fourth-order valence-corrected chi connectivity index (χ4v) is 3.41. The quantitative estimate of drug-likeness (QED) is 0.748. The van der Waals surface area contributed by atoms with Crippen molar-refractivity contribution < 1.29 is 0 Å². The van der Waals surface area contributed by atoms with Gasteiger partial charge in [0, 0.05) is 31.7 Å². The van der Waals surface area contributed by atoms with Gasteiger partial charge in [-0.15, -0.1) is 0 Å². The number of anilines is 1. The zero-order chi connectivity index (χ0) is 17.6. The molecule has 0 unspecified atom stereocenters. The minimum Gasteiger partial charge on any atom is -0.368 e. The summed E-state index contributed by atoms with van der Waals surface area (Å²) in [5, 5.41) is 4.47. The second kappa shape index (κ2) is 5.87. The van der Waals surface area contributed by atoms with Gasteiger partial charge in [-0.2, -0.15) is 5.10 Å². The zero-order valence-corrected chi connectivity index (χ0v) is 14.2. The Morgan fingerprint density at radius 1 is 1.32 bits per heavy atom. The van der Waals surface area contributed by atoms with E-state index < -0.39 is 11.2 Å². The Bertz CT molecular complexity index is 1030. The van der Waals surface area contributed by atoms with Crippen molar-refractivity contribution in [2.24, 2.45) is 11.8 Å². The van der Waals surface area contributed by atoms with E-state index in [-0.39, 0.29) is 0 Å². The number of rotatable bonds is 3. The molecule has 130 valence electrons. The van der Waals surface area contributed by atoms with Crippen LogP contribution in [-0.2, 0) is 0 Å². The molecule has 0 radical (unpaired) electrons. The maximum Gasteiger partial charge on any atom is 0.325 e. The molecule has 1 aliphatic rings. The third-order valence-electron chi connectivity index (χ3n) is 4.94. The molecule has 3 aromatic heterocycles. The van der Waals surface area contributed by atoms with Gasteiger partial charge in [0.1, 0.15) is 5.69 Å². The highest BCUT2D eigenvalue weighted by molar-refractivity contribution is 5.74. The average molecular weight is 340 g/mol. The monoisotopic (exact) mass is 340 g/mol.